The Bertz CT molecular complexity index is 1970. The van der Waals surface area contributed by atoms with E-state index in [1.54, 1.807) is 30.3 Å². The fraction of sp³-hybridized carbons (Fsp3) is 0.250. The molecule has 1 saturated carbocycles. The predicted octanol–water partition coefficient (Wildman–Crippen LogP) is 5.74. The molecule has 1 N–H and O–H groups in total. The Kier molecular flexibility index (Phi) is 5.69. The van der Waals surface area contributed by atoms with Crippen molar-refractivity contribution >= 4 is 43.1 Å². The predicted molar refractivity (Wildman–Crippen MR) is 142 cm³/mol. The number of H-pyrrole nitrogens is 1. The molecule has 8 nitrogen and oxygen atoms in total. The van der Waals surface area contributed by atoms with Crippen molar-refractivity contribution in [2.24, 2.45) is 0 Å². The van der Waals surface area contributed by atoms with Crippen LogP contribution in [-0.4, -0.2) is 30.1 Å². The summed E-state index contributed by atoms with van der Waals surface area (Å²) in [6, 6.07) is 12.2. The van der Waals surface area contributed by atoms with E-state index in [9.17, 15) is 22.4 Å². The highest BCUT2D eigenvalue weighted by molar-refractivity contribution is 7.86. The van der Waals surface area contributed by atoms with E-state index in [0.29, 0.717) is 49.9 Å². The fourth-order valence-electron chi connectivity index (χ4n) is 5.68. The monoisotopic (exact) mass is 530 g/mol. The third-order valence-corrected chi connectivity index (χ3v) is 8.23. The van der Waals surface area contributed by atoms with Crippen LogP contribution in [0.1, 0.15) is 43.7 Å². The average Bonchev–Trinajstić information content (AvgIpc) is 3.31. The van der Waals surface area contributed by atoms with Crippen LogP contribution in [0.25, 0.3) is 44.0 Å². The third kappa shape index (κ3) is 3.82. The molecule has 1 aliphatic rings. The van der Waals surface area contributed by atoms with Crippen LogP contribution in [-0.2, 0) is 10.2 Å². The van der Waals surface area contributed by atoms with E-state index in [0.717, 1.165) is 43.7 Å². The third-order valence-electron chi connectivity index (χ3n) is 7.44. The molecule has 0 unspecified atom stereocenters. The molecule has 0 aliphatic heterocycles. The molecule has 0 radical (unpaired) electrons. The van der Waals surface area contributed by atoms with Gasteiger partial charge in [0.25, 0.3) is 0 Å². The van der Waals surface area contributed by atoms with Gasteiger partial charge in [-0.3, -0.25) is 9.78 Å². The van der Waals surface area contributed by atoms with E-state index in [1.807, 2.05) is 0 Å². The Morgan fingerprint density at radius 2 is 1.89 bits per heavy atom. The number of methoxy groups -OCH3 is 1. The Morgan fingerprint density at radius 3 is 2.61 bits per heavy atom. The molecule has 192 valence electrons. The Morgan fingerprint density at radius 1 is 1.11 bits per heavy atom. The highest BCUT2D eigenvalue weighted by atomic mass is 32.3. The number of aromatic amines is 1. The summed E-state index contributed by atoms with van der Waals surface area (Å²) in [5.41, 5.74) is 3.18. The zero-order valence-electron chi connectivity index (χ0n) is 20.5. The van der Waals surface area contributed by atoms with Crippen LogP contribution in [0.5, 0.6) is 5.75 Å². The van der Waals surface area contributed by atoms with Crippen molar-refractivity contribution in [2.45, 2.75) is 43.0 Å². The molecular formula is C28H23FN4O4S. The van der Waals surface area contributed by atoms with Gasteiger partial charge in [0.2, 0.25) is 0 Å². The number of halogens is 1. The van der Waals surface area contributed by atoms with Crippen molar-refractivity contribution in [1.82, 2.24) is 14.5 Å². The van der Waals surface area contributed by atoms with Crippen LogP contribution in [0.2, 0.25) is 0 Å². The molecule has 6 rings (SSSR count). The minimum atomic E-state index is -4.96. The maximum Gasteiger partial charge on any atom is 0.333 e. The number of fused-ring (bicyclic) bond motifs is 4. The van der Waals surface area contributed by atoms with Crippen LogP contribution in [0, 0.1) is 11.3 Å². The average molecular weight is 531 g/mol. The standard InChI is InChI=1S/C28H23FN4O4S/c1-37-25-12-22-24(11-21(25)17-10-19(15-31-14-17)38(29,35)36)33(18-5-3-2-4-6-18)28-26(27(22)34)20-8-7-16(13-30)9-23(20)32-28/h7-12,14-15,18,32H,2-6H2,1H3. The van der Waals surface area contributed by atoms with Crippen LogP contribution in [0.4, 0.5) is 3.89 Å². The van der Waals surface area contributed by atoms with Crippen LogP contribution < -0.4 is 10.2 Å². The molecule has 2 aromatic carbocycles. The van der Waals surface area contributed by atoms with Gasteiger partial charge in [-0.2, -0.15) is 13.7 Å². The van der Waals surface area contributed by atoms with Gasteiger partial charge >= 0.3 is 10.2 Å². The van der Waals surface area contributed by atoms with Gasteiger partial charge in [0, 0.05) is 40.5 Å². The van der Waals surface area contributed by atoms with Crippen molar-refractivity contribution in [3.8, 4) is 22.9 Å². The van der Waals surface area contributed by atoms with Crippen molar-refractivity contribution in [3.63, 3.8) is 0 Å². The fourth-order valence-corrected chi connectivity index (χ4v) is 6.13. The first-order valence-corrected chi connectivity index (χ1v) is 13.7. The Balaban J connectivity index is 1.74. The lowest BCUT2D eigenvalue weighted by molar-refractivity contribution is 0.365. The van der Waals surface area contributed by atoms with Crippen molar-refractivity contribution in [2.75, 3.05) is 7.11 Å². The first-order valence-electron chi connectivity index (χ1n) is 12.3. The van der Waals surface area contributed by atoms with Gasteiger partial charge in [0.15, 0.2) is 5.43 Å². The molecular weight excluding hydrogens is 507 g/mol. The zero-order valence-corrected chi connectivity index (χ0v) is 21.3. The number of hydrogen-bond acceptors (Lipinski definition) is 6. The summed E-state index contributed by atoms with van der Waals surface area (Å²) in [6.45, 7) is 0. The molecule has 0 spiro atoms. The second-order valence-corrected chi connectivity index (χ2v) is 11.0. The van der Waals surface area contributed by atoms with Gasteiger partial charge in [-0.25, -0.2) is 0 Å². The largest absolute Gasteiger partial charge is 0.496 e. The number of nitrogens with one attached hydrogen (secondary N) is 1. The molecule has 1 aliphatic carbocycles. The summed E-state index contributed by atoms with van der Waals surface area (Å²) in [5.74, 6) is 0.339. The van der Waals surface area contributed by atoms with Crippen molar-refractivity contribution < 1.29 is 17.0 Å². The lowest BCUT2D eigenvalue weighted by Gasteiger charge is -2.27. The molecule has 3 aromatic heterocycles. The summed E-state index contributed by atoms with van der Waals surface area (Å²) in [7, 11) is -3.50. The topological polar surface area (TPSA) is 118 Å². The highest BCUT2D eigenvalue weighted by Crippen LogP contribution is 2.39. The summed E-state index contributed by atoms with van der Waals surface area (Å²) < 4.78 is 44.7. The molecule has 10 heteroatoms. The lowest BCUT2D eigenvalue weighted by Crippen LogP contribution is -2.18. The van der Waals surface area contributed by atoms with Gasteiger partial charge in [0.1, 0.15) is 16.3 Å². The van der Waals surface area contributed by atoms with Gasteiger partial charge in [-0.1, -0.05) is 25.3 Å². The van der Waals surface area contributed by atoms with E-state index < -0.39 is 15.1 Å². The van der Waals surface area contributed by atoms with E-state index >= 15 is 0 Å². The summed E-state index contributed by atoms with van der Waals surface area (Å²) in [6.07, 6.45) is 7.52. The van der Waals surface area contributed by atoms with Crippen molar-refractivity contribution in [1.29, 1.82) is 5.26 Å². The molecule has 1 fully saturated rings. The number of rotatable bonds is 4. The SMILES string of the molecule is COc1cc2c(=O)c3c4ccc(C#N)cc4[nH]c3n(C3CCCCC3)c2cc1-c1cncc(S(=O)(=O)F)c1. The first-order chi connectivity index (χ1) is 18.3. The van der Waals surface area contributed by atoms with E-state index in [1.165, 1.54) is 19.4 Å². The quantitative estimate of drug-likeness (QED) is 0.296. The van der Waals surface area contributed by atoms with Gasteiger partial charge in [0.05, 0.1) is 35.0 Å². The normalized spacial score (nSPS) is 14.8. The molecule has 0 atom stereocenters. The summed E-state index contributed by atoms with van der Waals surface area (Å²) in [5, 5.41) is 11.1. The molecule has 38 heavy (non-hydrogen) atoms. The number of hydrogen-bond donors (Lipinski definition) is 1. The summed E-state index contributed by atoms with van der Waals surface area (Å²) in [4.78, 5) is 20.7. The van der Waals surface area contributed by atoms with Crippen LogP contribution in [0.15, 0.2) is 58.5 Å². The second-order valence-electron chi connectivity index (χ2n) is 9.63. The number of pyridine rings is 2. The Hall–Kier alpha value is -4.23. The lowest BCUT2D eigenvalue weighted by atomic mass is 9.94. The first kappa shape index (κ1) is 24.1. The minimum absolute atomic E-state index is 0.120. The van der Waals surface area contributed by atoms with E-state index in [-0.39, 0.29) is 11.5 Å². The Labute approximate surface area is 217 Å². The van der Waals surface area contributed by atoms with Crippen LogP contribution in [0.3, 0.4) is 0 Å². The number of aromatic nitrogens is 3. The molecule has 0 saturated heterocycles. The van der Waals surface area contributed by atoms with E-state index in [4.69, 9.17) is 4.74 Å². The summed E-state index contributed by atoms with van der Waals surface area (Å²) >= 11 is 0. The van der Waals surface area contributed by atoms with E-state index in [2.05, 4.69) is 20.6 Å². The van der Waals surface area contributed by atoms with Crippen molar-refractivity contribution in [3.05, 3.63) is 64.6 Å². The maximum absolute atomic E-state index is 14.0. The smallest absolute Gasteiger partial charge is 0.333 e. The van der Waals surface area contributed by atoms with Crippen LogP contribution >= 0.6 is 0 Å². The zero-order chi connectivity index (χ0) is 26.6. The molecule has 0 amide bonds. The highest BCUT2D eigenvalue weighted by Gasteiger charge is 2.25. The van der Waals surface area contributed by atoms with Gasteiger partial charge < -0.3 is 14.3 Å². The minimum Gasteiger partial charge on any atom is -0.496 e. The molecule has 5 aromatic rings. The maximum atomic E-state index is 14.0. The number of benzene rings is 2. The second kappa shape index (κ2) is 8.96. The van der Waals surface area contributed by atoms with Gasteiger partial charge in [-0.05, 0) is 43.2 Å². The molecule has 3 heterocycles. The number of nitriles is 1. The number of ether oxygens (including phenoxy) is 1. The molecule has 0 bridgehead atoms. The van der Waals surface area contributed by atoms with Gasteiger partial charge in [-0.15, -0.1) is 3.89 Å². The number of nitrogens with zero attached hydrogens (tertiary/aromatic N) is 3.